The van der Waals surface area contributed by atoms with Crippen molar-refractivity contribution >= 4 is 17.3 Å². The average Bonchev–Trinajstić information content (AvgIpc) is 3.31. The van der Waals surface area contributed by atoms with Crippen molar-refractivity contribution in [1.29, 1.82) is 0 Å². The predicted molar refractivity (Wildman–Crippen MR) is 107 cm³/mol. The van der Waals surface area contributed by atoms with Crippen molar-refractivity contribution in [2.45, 2.75) is 19.9 Å². The summed E-state index contributed by atoms with van der Waals surface area (Å²) in [6.45, 7) is 3.61. The van der Waals surface area contributed by atoms with Gasteiger partial charge in [-0.2, -0.15) is 5.10 Å². The van der Waals surface area contributed by atoms with Crippen molar-refractivity contribution in [2.75, 3.05) is 20.6 Å². The van der Waals surface area contributed by atoms with Gasteiger partial charge in [0.25, 0.3) is 0 Å². The van der Waals surface area contributed by atoms with E-state index in [4.69, 9.17) is 0 Å². The molecule has 7 heteroatoms. The maximum atomic E-state index is 4.51. The lowest BCUT2D eigenvalue weighted by molar-refractivity contribution is 0.471. The van der Waals surface area contributed by atoms with Gasteiger partial charge in [0.15, 0.2) is 5.96 Å². The number of nitrogens with zero attached hydrogens (tertiary/aromatic N) is 5. The minimum Gasteiger partial charge on any atom is -0.356 e. The predicted octanol–water partition coefficient (Wildman–Crippen LogP) is 2.89. The molecule has 6 nitrogen and oxygen atoms in total. The number of benzene rings is 1. The Morgan fingerprint density at radius 1 is 1.31 bits per heavy atom. The fraction of sp³-hybridized carbons (Fsp3) is 0.316. The first kappa shape index (κ1) is 18.1. The van der Waals surface area contributed by atoms with E-state index in [-0.39, 0.29) is 0 Å². The molecule has 0 aliphatic rings. The molecule has 0 unspecified atom stereocenters. The molecular formula is C19H24N6S. The fourth-order valence-electron chi connectivity index (χ4n) is 2.74. The summed E-state index contributed by atoms with van der Waals surface area (Å²) < 4.78 is 1.86. The summed E-state index contributed by atoms with van der Waals surface area (Å²) in [6, 6.07) is 10.4. The van der Waals surface area contributed by atoms with Crippen LogP contribution < -0.4 is 5.32 Å². The summed E-state index contributed by atoms with van der Waals surface area (Å²) >= 11 is 1.68. The maximum Gasteiger partial charge on any atom is 0.193 e. The van der Waals surface area contributed by atoms with Gasteiger partial charge in [0.05, 0.1) is 22.9 Å². The summed E-state index contributed by atoms with van der Waals surface area (Å²) in [5, 5.41) is 10.9. The molecule has 0 radical (unpaired) electrons. The van der Waals surface area contributed by atoms with Gasteiger partial charge < -0.3 is 10.2 Å². The van der Waals surface area contributed by atoms with Crippen LogP contribution in [0.3, 0.4) is 0 Å². The SMILES string of the molecule is CN=C(NCCc1ccc(-n2cccn2)cc1)N(C)Cc1csc(C)n1. The first-order valence-electron chi connectivity index (χ1n) is 8.57. The monoisotopic (exact) mass is 368 g/mol. The van der Waals surface area contributed by atoms with Crippen LogP contribution >= 0.6 is 11.3 Å². The number of nitrogens with one attached hydrogen (secondary N) is 1. The van der Waals surface area contributed by atoms with Crippen molar-refractivity contribution in [3.05, 3.63) is 64.4 Å². The average molecular weight is 369 g/mol. The Bertz CT molecular complexity index is 835. The van der Waals surface area contributed by atoms with Crippen molar-refractivity contribution in [3.63, 3.8) is 0 Å². The second-order valence-corrected chi connectivity index (χ2v) is 7.12. The molecule has 1 N–H and O–H groups in total. The minimum atomic E-state index is 0.753. The van der Waals surface area contributed by atoms with Crippen molar-refractivity contribution in [1.82, 2.24) is 25.0 Å². The molecule has 0 saturated carbocycles. The summed E-state index contributed by atoms with van der Waals surface area (Å²) in [5.74, 6) is 0.879. The Morgan fingerprint density at radius 2 is 2.12 bits per heavy atom. The van der Waals surface area contributed by atoms with Gasteiger partial charge >= 0.3 is 0 Å². The van der Waals surface area contributed by atoms with E-state index < -0.39 is 0 Å². The number of thiazole rings is 1. The molecule has 3 rings (SSSR count). The molecule has 0 spiro atoms. The van der Waals surface area contributed by atoms with Crippen LogP contribution in [0.15, 0.2) is 53.1 Å². The van der Waals surface area contributed by atoms with E-state index in [1.165, 1.54) is 5.56 Å². The third kappa shape index (κ3) is 4.70. The van der Waals surface area contributed by atoms with Crippen molar-refractivity contribution in [2.24, 2.45) is 4.99 Å². The molecule has 0 bridgehead atoms. The minimum absolute atomic E-state index is 0.753. The Balaban J connectivity index is 1.49. The molecule has 0 atom stereocenters. The van der Waals surface area contributed by atoms with E-state index in [1.807, 2.05) is 38.0 Å². The van der Waals surface area contributed by atoms with E-state index in [0.717, 1.165) is 41.9 Å². The highest BCUT2D eigenvalue weighted by molar-refractivity contribution is 7.09. The van der Waals surface area contributed by atoms with Gasteiger partial charge in [0, 0.05) is 38.4 Å². The lowest BCUT2D eigenvalue weighted by Gasteiger charge is -2.21. The van der Waals surface area contributed by atoms with E-state index in [1.54, 1.807) is 17.5 Å². The molecule has 2 aromatic heterocycles. The van der Waals surface area contributed by atoms with Crippen LogP contribution in [-0.2, 0) is 13.0 Å². The van der Waals surface area contributed by atoms with E-state index in [9.17, 15) is 0 Å². The molecule has 136 valence electrons. The Kier molecular flexibility index (Phi) is 6.01. The van der Waals surface area contributed by atoms with Crippen LogP contribution in [0.25, 0.3) is 5.69 Å². The number of rotatable bonds is 6. The highest BCUT2D eigenvalue weighted by atomic mass is 32.1. The molecule has 26 heavy (non-hydrogen) atoms. The fourth-order valence-corrected chi connectivity index (χ4v) is 3.34. The largest absolute Gasteiger partial charge is 0.356 e. The first-order chi connectivity index (χ1) is 12.7. The highest BCUT2D eigenvalue weighted by Crippen LogP contribution is 2.10. The molecule has 3 aromatic rings. The Labute approximate surface area is 158 Å². The zero-order valence-electron chi connectivity index (χ0n) is 15.4. The van der Waals surface area contributed by atoms with Gasteiger partial charge in [0.2, 0.25) is 0 Å². The second-order valence-electron chi connectivity index (χ2n) is 6.05. The molecule has 0 aliphatic heterocycles. The van der Waals surface area contributed by atoms with Gasteiger partial charge in [-0.25, -0.2) is 9.67 Å². The number of aliphatic imine (C=N–C) groups is 1. The topological polar surface area (TPSA) is 58.3 Å². The number of aryl methyl sites for hydroxylation is 1. The second kappa shape index (κ2) is 8.62. The molecular weight excluding hydrogens is 344 g/mol. The van der Waals surface area contributed by atoms with E-state index >= 15 is 0 Å². The smallest absolute Gasteiger partial charge is 0.193 e. The third-order valence-corrected chi connectivity index (χ3v) is 4.86. The number of guanidine groups is 1. The van der Waals surface area contributed by atoms with Crippen LogP contribution in [-0.4, -0.2) is 46.3 Å². The molecule has 1 aromatic carbocycles. The molecule has 0 aliphatic carbocycles. The van der Waals surface area contributed by atoms with Crippen LogP contribution in [0.2, 0.25) is 0 Å². The lowest BCUT2D eigenvalue weighted by Crippen LogP contribution is -2.39. The zero-order valence-corrected chi connectivity index (χ0v) is 16.2. The number of hydrogen-bond acceptors (Lipinski definition) is 4. The van der Waals surface area contributed by atoms with Crippen LogP contribution in [0.4, 0.5) is 0 Å². The lowest BCUT2D eigenvalue weighted by atomic mass is 10.1. The van der Waals surface area contributed by atoms with Gasteiger partial charge in [0.1, 0.15) is 0 Å². The van der Waals surface area contributed by atoms with Crippen molar-refractivity contribution in [3.8, 4) is 5.69 Å². The normalized spacial score (nSPS) is 11.6. The van der Waals surface area contributed by atoms with E-state index in [2.05, 4.69) is 54.9 Å². The standard InChI is InChI=1S/C19H24N6S/c1-15-23-17(14-26-15)13-24(3)19(20-2)21-11-9-16-5-7-18(8-6-16)25-12-4-10-22-25/h4-8,10,12,14H,9,11,13H2,1-3H3,(H,20,21). The van der Waals surface area contributed by atoms with Crippen LogP contribution in [0.5, 0.6) is 0 Å². The Morgan fingerprint density at radius 3 is 2.73 bits per heavy atom. The van der Waals surface area contributed by atoms with Gasteiger partial charge in [-0.15, -0.1) is 11.3 Å². The molecule has 2 heterocycles. The first-order valence-corrected chi connectivity index (χ1v) is 9.45. The quantitative estimate of drug-likeness (QED) is 0.537. The Hall–Kier alpha value is -2.67. The number of hydrogen-bond donors (Lipinski definition) is 1. The van der Waals surface area contributed by atoms with E-state index in [0.29, 0.717) is 0 Å². The van der Waals surface area contributed by atoms with Gasteiger partial charge in [-0.05, 0) is 37.1 Å². The summed E-state index contributed by atoms with van der Waals surface area (Å²) in [4.78, 5) is 11.0. The summed E-state index contributed by atoms with van der Waals surface area (Å²) in [7, 11) is 3.84. The maximum absolute atomic E-state index is 4.51. The third-order valence-electron chi connectivity index (χ3n) is 4.04. The van der Waals surface area contributed by atoms with Gasteiger partial charge in [-0.1, -0.05) is 12.1 Å². The molecule has 0 fully saturated rings. The van der Waals surface area contributed by atoms with Crippen molar-refractivity contribution < 1.29 is 0 Å². The summed E-state index contributed by atoms with van der Waals surface area (Å²) in [6.07, 6.45) is 4.66. The van der Waals surface area contributed by atoms with Crippen LogP contribution in [0, 0.1) is 6.92 Å². The summed E-state index contributed by atoms with van der Waals surface area (Å²) in [5.41, 5.74) is 3.43. The highest BCUT2D eigenvalue weighted by Gasteiger charge is 2.08. The zero-order chi connectivity index (χ0) is 18.4. The van der Waals surface area contributed by atoms with Crippen LogP contribution in [0.1, 0.15) is 16.3 Å². The molecule has 0 saturated heterocycles. The number of aromatic nitrogens is 3. The molecule has 0 amide bonds. The van der Waals surface area contributed by atoms with Gasteiger partial charge in [-0.3, -0.25) is 4.99 Å².